The molecule has 2 fully saturated rings. The molecule has 1 aromatic heterocycles. The minimum atomic E-state index is -0.446. The number of primary amides is 1. The Balaban J connectivity index is 1.51. The van der Waals surface area contributed by atoms with Crippen molar-refractivity contribution in [1.29, 1.82) is 0 Å². The van der Waals surface area contributed by atoms with Gasteiger partial charge in [0.2, 0.25) is 5.91 Å². The Morgan fingerprint density at radius 3 is 2.90 bits per heavy atom. The van der Waals surface area contributed by atoms with Crippen LogP contribution in [0.15, 0.2) is 42.6 Å². The van der Waals surface area contributed by atoms with E-state index in [9.17, 15) is 9.59 Å². The number of nitrogens with zero attached hydrogens (tertiary/aromatic N) is 4. The van der Waals surface area contributed by atoms with E-state index >= 15 is 0 Å². The molecule has 5 rings (SSSR count). The fourth-order valence-corrected chi connectivity index (χ4v) is 4.24. The molecule has 8 nitrogen and oxygen atoms in total. The van der Waals surface area contributed by atoms with Crippen LogP contribution in [0.1, 0.15) is 15.9 Å². The predicted octanol–water partition coefficient (Wildman–Crippen LogP) is 2.34. The van der Waals surface area contributed by atoms with Gasteiger partial charge in [0.15, 0.2) is 5.82 Å². The largest absolute Gasteiger partial charge is 0.447 e. The van der Waals surface area contributed by atoms with Crippen molar-refractivity contribution in [2.75, 3.05) is 31.1 Å². The number of anilines is 1. The number of aryl methyl sites for hydroxylation is 1. The van der Waals surface area contributed by atoms with Gasteiger partial charge in [-0.05, 0) is 47.9 Å². The van der Waals surface area contributed by atoms with Gasteiger partial charge in [0.05, 0.1) is 12.2 Å². The van der Waals surface area contributed by atoms with Crippen molar-refractivity contribution < 1.29 is 14.3 Å². The van der Waals surface area contributed by atoms with Gasteiger partial charge in [-0.2, -0.15) is 5.10 Å². The van der Waals surface area contributed by atoms with Crippen molar-refractivity contribution >= 4 is 28.6 Å². The lowest BCUT2D eigenvalue weighted by molar-refractivity contribution is 0.1000. The molecule has 2 saturated heterocycles. The van der Waals surface area contributed by atoms with E-state index in [0.717, 1.165) is 33.3 Å². The third kappa shape index (κ3) is 3.01. The lowest BCUT2D eigenvalue weighted by atomic mass is 9.96. The Bertz CT molecular complexity index is 1180. The van der Waals surface area contributed by atoms with Crippen molar-refractivity contribution in [3.63, 3.8) is 0 Å². The molecular formula is C22H21N5O3. The molecule has 0 saturated carbocycles. The second-order valence-electron chi connectivity index (χ2n) is 7.73. The number of fused-ring (bicyclic) bond motifs is 2. The molecule has 2 aliphatic heterocycles. The Labute approximate surface area is 173 Å². The average Bonchev–Trinajstić information content (AvgIpc) is 3.13. The quantitative estimate of drug-likeness (QED) is 0.720. The van der Waals surface area contributed by atoms with Gasteiger partial charge in [0, 0.05) is 36.0 Å². The molecule has 2 aromatic carbocycles. The Kier molecular flexibility index (Phi) is 4.27. The highest BCUT2D eigenvalue weighted by Crippen LogP contribution is 2.32. The fourth-order valence-electron chi connectivity index (χ4n) is 4.24. The van der Waals surface area contributed by atoms with Crippen LogP contribution < -0.4 is 10.6 Å². The molecular weight excluding hydrogens is 382 g/mol. The highest BCUT2D eigenvalue weighted by atomic mass is 16.6. The summed E-state index contributed by atoms with van der Waals surface area (Å²) in [5, 5.41) is 10.6. The van der Waals surface area contributed by atoms with Gasteiger partial charge < -0.3 is 15.4 Å². The number of ether oxygens (including phenoxy) is 1. The van der Waals surface area contributed by atoms with Gasteiger partial charge in [-0.3, -0.25) is 9.69 Å². The summed E-state index contributed by atoms with van der Waals surface area (Å²) in [6, 6.07) is 11.6. The molecule has 2 aliphatic rings. The number of benzene rings is 2. The standard InChI is InChI=1S/C22H21N5O3/c1-13-2-3-15(20(23)28)9-19(13)14-4-5-18-16(8-14)10-24-25-21(18)26-6-7-27-17(11-26)12-30-22(27)29/h2-5,8-10,17H,6-7,11-12H2,1H3,(H2,23,28)/t17-/m1/s1. The maximum atomic E-state index is 11.8. The van der Waals surface area contributed by atoms with Crippen molar-refractivity contribution in [1.82, 2.24) is 15.1 Å². The number of carbonyl (C=O) groups excluding carboxylic acids is 2. The number of nitrogens with two attached hydrogens (primary N) is 1. The molecule has 3 aromatic rings. The van der Waals surface area contributed by atoms with Gasteiger partial charge in [0.25, 0.3) is 0 Å². The summed E-state index contributed by atoms with van der Waals surface area (Å²) in [5.74, 6) is 0.361. The van der Waals surface area contributed by atoms with Crippen molar-refractivity contribution in [3.8, 4) is 11.1 Å². The van der Waals surface area contributed by atoms with Crippen LogP contribution >= 0.6 is 0 Å². The van der Waals surface area contributed by atoms with E-state index in [1.54, 1.807) is 17.2 Å². The molecule has 1 atom stereocenters. The van der Waals surface area contributed by atoms with Gasteiger partial charge in [-0.1, -0.05) is 12.1 Å². The number of carbonyl (C=O) groups is 2. The molecule has 3 heterocycles. The normalized spacial score (nSPS) is 18.4. The molecule has 0 bridgehead atoms. The molecule has 152 valence electrons. The Morgan fingerprint density at radius 2 is 2.07 bits per heavy atom. The Hall–Kier alpha value is -3.68. The summed E-state index contributed by atoms with van der Waals surface area (Å²) in [6.45, 7) is 4.37. The van der Waals surface area contributed by atoms with Crippen LogP contribution in [-0.2, 0) is 4.74 Å². The zero-order valence-electron chi connectivity index (χ0n) is 16.5. The van der Waals surface area contributed by atoms with Crippen LogP contribution in [-0.4, -0.2) is 59.4 Å². The van der Waals surface area contributed by atoms with E-state index in [1.807, 2.05) is 31.2 Å². The smallest absolute Gasteiger partial charge is 0.410 e. The number of amides is 2. The molecule has 8 heteroatoms. The number of hydrogen-bond acceptors (Lipinski definition) is 6. The van der Waals surface area contributed by atoms with Gasteiger partial charge in [-0.25, -0.2) is 4.79 Å². The molecule has 2 N–H and O–H groups in total. The van der Waals surface area contributed by atoms with E-state index in [4.69, 9.17) is 10.5 Å². The van der Waals surface area contributed by atoms with Crippen molar-refractivity contribution in [3.05, 3.63) is 53.7 Å². The van der Waals surface area contributed by atoms with Gasteiger partial charge in [0.1, 0.15) is 6.61 Å². The van der Waals surface area contributed by atoms with E-state index < -0.39 is 5.91 Å². The Morgan fingerprint density at radius 1 is 1.20 bits per heavy atom. The average molecular weight is 403 g/mol. The molecule has 2 amide bonds. The van der Waals surface area contributed by atoms with Crippen LogP contribution in [0.4, 0.5) is 10.6 Å². The first-order valence-corrected chi connectivity index (χ1v) is 9.86. The second kappa shape index (κ2) is 6.98. The molecule has 0 aliphatic carbocycles. The third-order valence-electron chi connectivity index (χ3n) is 5.89. The number of hydrogen-bond donors (Lipinski definition) is 1. The van der Waals surface area contributed by atoms with Crippen LogP contribution in [0.3, 0.4) is 0 Å². The summed E-state index contributed by atoms with van der Waals surface area (Å²) in [6.07, 6.45) is 1.51. The van der Waals surface area contributed by atoms with E-state index in [0.29, 0.717) is 31.8 Å². The molecule has 0 spiro atoms. The lowest BCUT2D eigenvalue weighted by Crippen LogP contribution is -2.52. The SMILES string of the molecule is Cc1ccc(C(N)=O)cc1-c1ccc2c(N3CCN4C(=O)OC[C@H]4C3)nncc2c1. The summed E-state index contributed by atoms with van der Waals surface area (Å²) in [5.41, 5.74) is 8.94. The van der Waals surface area contributed by atoms with Crippen LogP contribution in [0.2, 0.25) is 0 Å². The summed E-state index contributed by atoms with van der Waals surface area (Å²) in [4.78, 5) is 27.3. The third-order valence-corrected chi connectivity index (χ3v) is 5.89. The maximum Gasteiger partial charge on any atom is 0.410 e. The van der Waals surface area contributed by atoms with Crippen LogP contribution in [0, 0.1) is 6.92 Å². The number of piperazine rings is 1. The highest BCUT2D eigenvalue weighted by molar-refractivity contribution is 5.97. The highest BCUT2D eigenvalue weighted by Gasteiger charge is 2.38. The topological polar surface area (TPSA) is 102 Å². The summed E-state index contributed by atoms with van der Waals surface area (Å²) in [7, 11) is 0. The van der Waals surface area contributed by atoms with Crippen LogP contribution in [0.25, 0.3) is 21.9 Å². The van der Waals surface area contributed by atoms with E-state index in [1.165, 1.54) is 0 Å². The first kappa shape index (κ1) is 18.4. The van der Waals surface area contributed by atoms with Crippen LogP contribution in [0.5, 0.6) is 0 Å². The second-order valence-corrected chi connectivity index (χ2v) is 7.73. The van der Waals surface area contributed by atoms with E-state index in [-0.39, 0.29) is 12.1 Å². The number of cyclic esters (lactones) is 1. The zero-order valence-corrected chi connectivity index (χ0v) is 16.5. The zero-order chi connectivity index (χ0) is 20.8. The van der Waals surface area contributed by atoms with Gasteiger partial charge >= 0.3 is 6.09 Å². The summed E-state index contributed by atoms with van der Waals surface area (Å²) >= 11 is 0. The van der Waals surface area contributed by atoms with Gasteiger partial charge in [-0.15, -0.1) is 5.10 Å². The lowest BCUT2D eigenvalue weighted by Gasteiger charge is -2.36. The molecule has 0 radical (unpaired) electrons. The van der Waals surface area contributed by atoms with Crippen molar-refractivity contribution in [2.24, 2.45) is 5.73 Å². The first-order valence-electron chi connectivity index (χ1n) is 9.86. The predicted molar refractivity (Wildman–Crippen MR) is 112 cm³/mol. The monoisotopic (exact) mass is 403 g/mol. The molecule has 0 unspecified atom stereocenters. The maximum absolute atomic E-state index is 11.8. The first-order chi connectivity index (χ1) is 14.5. The molecule has 30 heavy (non-hydrogen) atoms. The minimum absolute atomic E-state index is 0.0433. The van der Waals surface area contributed by atoms with Crippen molar-refractivity contribution in [2.45, 2.75) is 13.0 Å². The summed E-state index contributed by atoms with van der Waals surface area (Å²) < 4.78 is 5.17. The fraction of sp³-hybridized carbons (Fsp3) is 0.273. The number of rotatable bonds is 3. The number of aromatic nitrogens is 2. The van der Waals surface area contributed by atoms with E-state index in [2.05, 4.69) is 21.2 Å². The minimum Gasteiger partial charge on any atom is -0.447 e.